The summed E-state index contributed by atoms with van der Waals surface area (Å²) in [5, 5.41) is 19.4. The van der Waals surface area contributed by atoms with E-state index < -0.39 is 5.91 Å². The number of benzene rings is 2. The molecule has 4 N–H and O–H groups in total. The number of nitrogens with two attached hydrogens (primary N) is 1. The number of aromatic hydroxyl groups is 2. The van der Waals surface area contributed by atoms with E-state index in [0.29, 0.717) is 12.2 Å². The quantitative estimate of drug-likeness (QED) is 0.745. The summed E-state index contributed by atoms with van der Waals surface area (Å²) < 4.78 is 0. The summed E-state index contributed by atoms with van der Waals surface area (Å²) in [5.74, 6) is -0.921. The van der Waals surface area contributed by atoms with Crippen molar-refractivity contribution >= 4 is 11.6 Å². The third-order valence-corrected chi connectivity index (χ3v) is 2.98. The largest absolute Gasteiger partial charge is 0.507 e. The van der Waals surface area contributed by atoms with Gasteiger partial charge in [-0.1, -0.05) is 18.2 Å². The van der Waals surface area contributed by atoms with Crippen LogP contribution in [0.1, 0.15) is 15.9 Å². The fourth-order valence-electron chi connectivity index (χ4n) is 1.91. The maximum absolute atomic E-state index is 12.2. The predicted molar refractivity (Wildman–Crippen MR) is 76.4 cm³/mol. The second-order valence-electron chi connectivity index (χ2n) is 4.57. The molecule has 0 spiro atoms. The van der Waals surface area contributed by atoms with Gasteiger partial charge in [-0.3, -0.25) is 4.79 Å². The first-order valence-electron chi connectivity index (χ1n) is 6.10. The highest BCUT2D eigenvalue weighted by Gasteiger charge is 2.19. The first kappa shape index (κ1) is 13.7. The number of hydrogen-bond donors (Lipinski definition) is 3. The lowest BCUT2D eigenvalue weighted by atomic mass is 10.1. The molecule has 2 aromatic carbocycles. The Bertz CT molecular complexity index is 603. The van der Waals surface area contributed by atoms with Crippen LogP contribution in [0.2, 0.25) is 0 Å². The molecule has 2 aromatic rings. The maximum atomic E-state index is 12.2. The Kier molecular flexibility index (Phi) is 3.79. The summed E-state index contributed by atoms with van der Waals surface area (Å²) in [6.45, 7) is 0.354. The number of carbonyl (C=O) groups is 1. The van der Waals surface area contributed by atoms with Crippen molar-refractivity contribution in [1.29, 1.82) is 0 Å². The molecule has 0 bridgehead atoms. The Morgan fingerprint density at radius 2 is 1.65 bits per heavy atom. The average Bonchev–Trinajstić information content (AvgIpc) is 2.41. The number of rotatable bonds is 3. The summed E-state index contributed by atoms with van der Waals surface area (Å²) in [6, 6.07) is 11.4. The summed E-state index contributed by atoms with van der Waals surface area (Å²) in [6.07, 6.45) is 0. The molecule has 0 aliphatic carbocycles. The lowest BCUT2D eigenvalue weighted by Gasteiger charge is -2.18. The Morgan fingerprint density at radius 3 is 2.20 bits per heavy atom. The van der Waals surface area contributed by atoms with E-state index in [1.165, 1.54) is 23.1 Å². The van der Waals surface area contributed by atoms with Crippen molar-refractivity contribution in [2.24, 2.45) is 0 Å². The highest BCUT2D eigenvalue weighted by molar-refractivity contribution is 5.99. The number of phenolic OH excluding ortho intramolecular Hbond substituents is 2. The molecule has 0 fully saturated rings. The summed E-state index contributed by atoms with van der Waals surface area (Å²) in [4.78, 5) is 13.7. The first-order chi connectivity index (χ1) is 9.49. The van der Waals surface area contributed by atoms with Gasteiger partial charge in [-0.2, -0.15) is 0 Å². The monoisotopic (exact) mass is 272 g/mol. The second-order valence-corrected chi connectivity index (χ2v) is 4.57. The van der Waals surface area contributed by atoms with E-state index in [1.807, 2.05) is 12.1 Å². The van der Waals surface area contributed by atoms with E-state index in [2.05, 4.69) is 0 Å². The average molecular weight is 272 g/mol. The van der Waals surface area contributed by atoms with Crippen molar-refractivity contribution in [3.05, 3.63) is 53.6 Å². The van der Waals surface area contributed by atoms with Gasteiger partial charge in [0.15, 0.2) is 0 Å². The number of anilines is 1. The molecule has 5 nitrogen and oxygen atoms in total. The molecular formula is C15H16N2O3. The van der Waals surface area contributed by atoms with Gasteiger partial charge < -0.3 is 20.8 Å². The van der Waals surface area contributed by atoms with Gasteiger partial charge in [-0.25, -0.2) is 0 Å². The van der Waals surface area contributed by atoms with Crippen LogP contribution in [-0.4, -0.2) is 28.1 Å². The maximum Gasteiger partial charge on any atom is 0.261 e. The molecule has 0 aliphatic rings. The van der Waals surface area contributed by atoms with E-state index in [1.54, 1.807) is 19.2 Å². The normalized spacial score (nSPS) is 10.2. The van der Waals surface area contributed by atoms with Gasteiger partial charge in [-0.05, 0) is 29.8 Å². The van der Waals surface area contributed by atoms with Crippen LogP contribution in [-0.2, 0) is 6.54 Å². The third-order valence-electron chi connectivity index (χ3n) is 2.98. The van der Waals surface area contributed by atoms with Crippen molar-refractivity contribution in [2.75, 3.05) is 12.8 Å². The Morgan fingerprint density at radius 1 is 1.10 bits per heavy atom. The van der Waals surface area contributed by atoms with Crippen molar-refractivity contribution in [2.45, 2.75) is 6.54 Å². The standard InChI is InChI=1S/C15H16N2O3/c1-17(9-10-5-7-11(16)8-6-10)15(20)14-12(18)3-2-4-13(14)19/h2-8,18-19H,9,16H2,1H3. The number of nitrogens with zero attached hydrogens (tertiary/aromatic N) is 1. The van der Waals surface area contributed by atoms with Gasteiger partial charge in [0.2, 0.25) is 0 Å². The van der Waals surface area contributed by atoms with Gasteiger partial charge in [0.1, 0.15) is 17.1 Å². The summed E-state index contributed by atoms with van der Waals surface area (Å²) in [7, 11) is 1.60. The third kappa shape index (κ3) is 2.83. The van der Waals surface area contributed by atoms with Crippen LogP contribution in [0.25, 0.3) is 0 Å². The SMILES string of the molecule is CN(Cc1ccc(N)cc1)C(=O)c1c(O)cccc1O. The van der Waals surface area contributed by atoms with Crippen LogP contribution in [0.4, 0.5) is 5.69 Å². The minimum absolute atomic E-state index is 0.0922. The van der Waals surface area contributed by atoms with Gasteiger partial charge in [0.05, 0.1) is 0 Å². The van der Waals surface area contributed by atoms with Gasteiger partial charge in [0, 0.05) is 19.3 Å². The van der Waals surface area contributed by atoms with Crippen LogP contribution >= 0.6 is 0 Å². The van der Waals surface area contributed by atoms with Gasteiger partial charge >= 0.3 is 0 Å². The summed E-state index contributed by atoms with van der Waals surface area (Å²) in [5.41, 5.74) is 7.07. The molecule has 104 valence electrons. The van der Waals surface area contributed by atoms with E-state index in [-0.39, 0.29) is 17.1 Å². The molecule has 20 heavy (non-hydrogen) atoms. The fourth-order valence-corrected chi connectivity index (χ4v) is 1.91. The molecule has 0 unspecified atom stereocenters. The Balaban J connectivity index is 2.18. The van der Waals surface area contributed by atoms with Crippen molar-refractivity contribution in [3.8, 4) is 11.5 Å². The molecule has 0 radical (unpaired) electrons. The summed E-state index contributed by atoms with van der Waals surface area (Å²) >= 11 is 0. The smallest absolute Gasteiger partial charge is 0.261 e. The molecule has 0 saturated carbocycles. The topological polar surface area (TPSA) is 86.8 Å². The number of amides is 1. The zero-order valence-electron chi connectivity index (χ0n) is 11.1. The molecule has 1 amide bonds. The molecule has 0 heterocycles. The van der Waals surface area contributed by atoms with Crippen LogP contribution in [0.5, 0.6) is 11.5 Å². The van der Waals surface area contributed by atoms with Gasteiger partial charge in [0.25, 0.3) is 5.91 Å². The number of phenols is 2. The number of nitrogen functional groups attached to an aromatic ring is 1. The van der Waals surface area contributed by atoms with Crippen LogP contribution in [0, 0.1) is 0 Å². The highest BCUT2D eigenvalue weighted by Crippen LogP contribution is 2.27. The van der Waals surface area contributed by atoms with E-state index in [0.717, 1.165) is 5.56 Å². The molecule has 0 aliphatic heterocycles. The Labute approximate surface area is 116 Å². The number of hydrogen-bond acceptors (Lipinski definition) is 4. The fraction of sp³-hybridized carbons (Fsp3) is 0.133. The van der Waals surface area contributed by atoms with Crippen LogP contribution in [0.15, 0.2) is 42.5 Å². The zero-order chi connectivity index (χ0) is 14.7. The lowest BCUT2D eigenvalue weighted by Crippen LogP contribution is -2.26. The van der Waals surface area contributed by atoms with Gasteiger partial charge in [-0.15, -0.1) is 0 Å². The minimum atomic E-state index is -0.447. The van der Waals surface area contributed by atoms with Crippen molar-refractivity contribution in [3.63, 3.8) is 0 Å². The first-order valence-corrected chi connectivity index (χ1v) is 6.10. The van der Waals surface area contributed by atoms with E-state index >= 15 is 0 Å². The van der Waals surface area contributed by atoms with Crippen molar-refractivity contribution < 1.29 is 15.0 Å². The van der Waals surface area contributed by atoms with Crippen molar-refractivity contribution in [1.82, 2.24) is 4.90 Å². The van der Waals surface area contributed by atoms with Crippen LogP contribution in [0.3, 0.4) is 0 Å². The molecular weight excluding hydrogens is 256 g/mol. The molecule has 5 heteroatoms. The predicted octanol–water partition coefficient (Wildman–Crippen LogP) is 1.95. The highest BCUT2D eigenvalue weighted by atomic mass is 16.3. The molecule has 2 rings (SSSR count). The second kappa shape index (κ2) is 5.52. The van der Waals surface area contributed by atoms with Crippen LogP contribution < -0.4 is 5.73 Å². The van der Waals surface area contributed by atoms with E-state index in [4.69, 9.17) is 5.73 Å². The lowest BCUT2D eigenvalue weighted by molar-refractivity contribution is 0.0779. The Hall–Kier alpha value is -2.69. The minimum Gasteiger partial charge on any atom is -0.507 e. The van der Waals surface area contributed by atoms with E-state index in [9.17, 15) is 15.0 Å². The zero-order valence-corrected chi connectivity index (χ0v) is 11.1. The number of carbonyl (C=O) groups excluding carboxylic acids is 1. The molecule has 0 aromatic heterocycles. The molecule has 0 saturated heterocycles. The molecule has 0 atom stereocenters.